The van der Waals surface area contributed by atoms with Crippen LogP contribution in [0.25, 0.3) is 0 Å². The minimum absolute atomic E-state index is 0.502. The van der Waals surface area contributed by atoms with Gasteiger partial charge in [-0.2, -0.15) is 0 Å². The van der Waals surface area contributed by atoms with Crippen molar-refractivity contribution in [3.63, 3.8) is 0 Å². The van der Waals surface area contributed by atoms with Gasteiger partial charge in [0.25, 0.3) is 0 Å². The van der Waals surface area contributed by atoms with E-state index < -0.39 is 0 Å². The van der Waals surface area contributed by atoms with E-state index in [0.717, 1.165) is 0 Å². The molecule has 0 aromatic carbocycles. The van der Waals surface area contributed by atoms with E-state index in [-0.39, 0.29) is 0 Å². The highest BCUT2D eigenvalue weighted by Gasteiger charge is 2.17. The van der Waals surface area contributed by atoms with Crippen LogP contribution in [0.2, 0.25) is 0 Å². The zero-order valence-electron chi connectivity index (χ0n) is 7.99. The molecular weight excluding hydrogens is 121 g/mol. The van der Waals surface area contributed by atoms with Gasteiger partial charge in [-0.05, 0) is 17.9 Å². The molecule has 0 amide bonds. The molecule has 1 N–H and O–H groups in total. The van der Waals surface area contributed by atoms with Gasteiger partial charge in [0.05, 0.1) is 0 Å². The summed E-state index contributed by atoms with van der Waals surface area (Å²) in [5, 5.41) is 3.26. The first-order valence-corrected chi connectivity index (χ1v) is 4.19. The van der Waals surface area contributed by atoms with Crippen molar-refractivity contribution in [3.8, 4) is 0 Å². The molecule has 60 valence electrons. The first kappa shape index (κ1) is 10.0. The molecule has 1 atom stereocenters. The quantitative estimate of drug-likeness (QED) is 0.582. The van der Waals surface area contributed by atoms with Gasteiger partial charge < -0.3 is 5.23 Å². The van der Waals surface area contributed by atoms with Crippen LogP contribution in [-0.4, -0.2) is 14.0 Å². The Bertz CT molecular complexity index is 91.3. The van der Waals surface area contributed by atoms with Gasteiger partial charge in [-0.15, -0.1) is 0 Å². The molecule has 1 nitrogen and oxygen atoms in total. The molecule has 0 bridgehead atoms. The zero-order valence-corrected chi connectivity index (χ0v) is 7.99. The molecule has 0 saturated heterocycles. The molecule has 1 unspecified atom stereocenters. The van der Waals surface area contributed by atoms with E-state index in [1.54, 1.807) is 0 Å². The molecule has 0 saturated carbocycles. The minimum Gasteiger partial charge on any atom is -0.360 e. The number of hydrogen-bond acceptors (Lipinski definition) is 1. The van der Waals surface area contributed by atoms with Crippen molar-refractivity contribution < 1.29 is 0 Å². The molecular formula is C8H20BN. The highest BCUT2D eigenvalue weighted by Crippen LogP contribution is 2.25. The van der Waals surface area contributed by atoms with Crippen molar-refractivity contribution in [2.24, 2.45) is 5.41 Å². The van der Waals surface area contributed by atoms with Crippen molar-refractivity contribution in [2.45, 2.75) is 46.6 Å². The molecule has 0 heterocycles. The van der Waals surface area contributed by atoms with Crippen LogP contribution in [0.3, 0.4) is 0 Å². The monoisotopic (exact) mass is 141 g/mol. The lowest BCUT2D eigenvalue weighted by atomic mass is 9.83. The highest BCUT2D eigenvalue weighted by atomic mass is 14.8. The second kappa shape index (κ2) is 4.02. The molecule has 0 aliphatic heterocycles. The fourth-order valence-corrected chi connectivity index (χ4v) is 1.08. The third-order valence-corrected chi connectivity index (χ3v) is 2.31. The largest absolute Gasteiger partial charge is 0.360 e. The van der Waals surface area contributed by atoms with Crippen molar-refractivity contribution in [2.75, 3.05) is 0 Å². The van der Waals surface area contributed by atoms with Crippen LogP contribution in [0.15, 0.2) is 0 Å². The zero-order chi connectivity index (χ0) is 8.20. The number of nitrogens with one attached hydrogen (secondary N) is 1. The Labute approximate surface area is 66.0 Å². The molecule has 0 fully saturated rings. The maximum absolute atomic E-state index is 3.26. The lowest BCUT2D eigenvalue weighted by molar-refractivity contribution is 0.293. The van der Waals surface area contributed by atoms with Crippen molar-refractivity contribution >= 4 is 7.98 Å². The van der Waals surface area contributed by atoms with E-state index in [2.05, 4.69) is 32.9 Å². The predicted octanol–water partition coefficient (Wildman–Crippen LogP) is 1.34. The molecule has 0 radical (unpaired) electrons. The summed E-state index contributed by atoms with van der Waals surface area (Å²) < 4.78 is 0. The Kier molecular flexibility index (Phi) is 4.03. The minimum atomic E-state index is 0.502. The third kappa shape index (κ3) is 3.94. The van der Waals surface area contributed by atoms with Crippen LogP contribution >= 0.6 is 0 Å². The van der Waals surface area contributed by atoms with E-state index in [1.807, 2.05) is 7.98 Å². The number of rotatable bonds is 4. The predicted molar refractivity (Wildman–Crippen MR) is 49.8 cm³/mol. The number of hydrogen-bond donors (Lipinski definition) is 1. The summed E-state index contributed by atoms with van der Waals surface area (Å²) in [4.78, 5) is 0. The summed E-state index contributed by atoms with van der Waals surface area (Å²) in [6, 6.07) is 0.648. The Morgan fingerprint density at radius 1 is 1.50 bits per heavy atom. The summed E-state index contributed by atoms with van der Waals surface area (Å²) in [6.45, 7) is 9.13. The van der Waals surface area contributed by atoms with Gasteiger partial charge in [0.2, 0.25) is 0 Å². The van der Waals surface area contributed by atoms with E-state index in [9.17, 15) is 0 Å². The summed E-state index contributed by atoms with van der Waals surface area (Å²) >= 11 is 0. The van der Waals surface area contributed by atoms with Gasteiger partial charge in [0, 0.05) is 0 Å². The molecule has 0 aliphatic rings. The Hall–Kier alpha value is 0.0249. The van der Waals surface area contributed by atoms with Gasteiger partial charge >= 0.3 is 0 Å². The van der Waals surface area contributed by atoms with Gasteiger partial charge in [-0.1, -0.05) is 34.1 Å². The van der Waals surface area contributed by atoms with E-state index in [4.69, 9.17) is 0 Å². The molecule has 10 heavy (non-hydrogen) atoms. The van der Waals surface area contributed by atoms with Crippen molar-refractivity contribution in [1.82, 2.24) is 5.23 Å². The Balaban J connectivity index is 3.64. The molecule has 0 rings (SSSR count). The second-order valence-corrected chi connectivity index (χ2v) is 3.91. The third-order valence-electron chi connectivity index (χ3n) is 2.31. The summed E-state index contributed by atoms with van der Waals surface area (Å²) in [7, 11) is 2.02. The summed E-state index contributed by atoms with van der Waals surface area (Å²) in [5.41, 5.74) is 0.502. The van der Waals surface area contributed by atoms with E-state index in [0.29, 0.717) is 11.5 Å². The van der Waals surface area contributed by atoms with Crippen molar-refractivity contribution in [3.05, 3.63) is 0 Å². The van der Waals surface area contributed by atoms with Crippen molar-refractivity contribution in [1.29, 1.82) is 0 Å². The second-order valence-electron chi connectivity index (χ2n) is 3.91. The molecule has 2 heteroatoms. The average molecular weight is 141 g/mol. The fraction of sp³-hybridized carbons (Fsp3) is 1.00. The van der Waals surface area contributed by atoms with E-state index in [1.165, 1.54) is 12.8 Å². The normalized spacial score (nSPS) is 15.2. The summed E-state index contributed by atoms with van der Waals surface area (Å²) in [5.74, 6) is 0. The molecule has 0 aliphatic carbocycles. The Morgan fingerprint density at radius 2 is 2.00 bits per heavy atom. The van der Waals surface area contributed by atoms with Gasteiger partial charge in [-0.3, -0.25) is 0 Å². The molecule has 0 spiro atoms. The SMILES string of the molecule is BNC(C)CC(C)(C)CC. The van der Waals surface area contributed by atoms with Gasteiger partial charge in [0.15, 0.2) is 7.98 Å². The smallest absolute Gasteiger partial charge is 0.182 e. The fourth-order valence-electron chi connectivity index (χ4n) is 1.08. The lowest BCUT2D eigenvalue weighted by Gasteiger charge is -2.26. The molecule has 0 aromatic rings. The average Bonchev–Trinajstić information content (AvgIpc) is 1.87. The summed E-state index contributed by atoms with van der Waals surface area (Å²) in [6.07, 6.45) is 2.53. The van der Waals surface area contributed by atoms with Crippen LogP contribution in [0.1, 0.15) is 40.5 Å². The van der Waals surface area contributed by atoms with Crippen LogP contribution in [0, 0.1) is 5.41 Å². The maximum atomic E-state index is 3.26. The van der Waals surface area contributed by atoms with E-state index >= 15 is 0 Å². The van der Waals surface area contributed by atoms with Crippen LogP contribution in [0.5, 0.6) is 0 Å². The first-order valence-electron chi connectivity index (χ1n) is 4.19. The van der Waals surface area contributed by atoms with Gasteiger partial charge in [0.1, 0.15) is 0 Å². The van der Waals surface area contributed by atoms with Gasteiger partial charge in [-0.25, -0.2) is 0 Å². The van der Waals surface area contributed by atoms with Crippen LogP contribution in [0.4, 0.5) is 0 Å². The first-order chi connectivity index (χ1) is 4.52. The standard InChI is InChI=1S/C8H20BN/c1-5-8(3,4)6-7(2)10-9/h7,10H,5-6,9H2,1-4H3. The van der Waals surface area contributed by atoms with Crippen LogP contribution < -0.4 is 5.23 Å². The highest BCUT2D eigenvalue weighted by molar-refractivity contribution is 6.04. The molecule has 0 aromatic heterocycles. The van der Waals surface area contributed by atoms with Crippen LogP contribution in [-0.2, 0) is 0 Å². The maximum Gasteiger partial charge on any atom is 0.182 e. The lowest BCUT2D eigenvalue weighted by Crippen LogP contribution is -2.28. The topological polar surface area (TPSA) is 12.0 Å². The Morgan fingerprint density at radius 3 is 2.30 bits per heavy atom.